The van der Waals surface area contributed by atoms with Crippen molar-refractivity contribution < 1.29 is 28.6 Å². The van der Waals surface area contributed by atoms with Gasteiger partial charge in [-0.25, -0.2) is 9.80 Å². The lowest BCUT2D eigenvalue weighted by Gasteiger charge is -2.14. The molecule has 178 valence electrons. The third-order valence-electron chi connectivity index (χ3n) is 5.24. The van der Waals surface area contributed by atoms with E-state index in [1.165, 1.54) is 32.4 Å². The molecule has 3 aromatic rings. The molecule has 1 saturated heterocycles. The van der Waals surface area contributed by atoms with Gasteiger partial charge in [-0.2, -0.15) is 0 Å². The lowest BCUT2D eigenvalue weighted by atomic mass is 10.1. The highest BCUT2D eigenvalue weighted by molar-refractivity contribution is 6.31. The average Bonchev–Trinajstić information content (AvgIpc) is 3.16. The van der Waals surface area contributed by atoms with E-state index in [9.17, 15) is 14.4 Å². The summed E-state index contributed by atoms with van der Waals surface area (Å²) < 4.78 is 16.0. The fourth-order valence-electron chi connectivity index (χ4n) is 3.41. The first kappa shape index (κ1) is 23.8. The van der Waals surface area contributed by atoms with E-state index in [0.29, 0.717) is 39.9 Å². The van der Waals surface area contributed by atoms with Gasteiger partial charge < -0.3 is 14.2 Å². The maximum absolute atomic E-state index is 12.9. The Morgan fingerprint density at radius 3 is 2.34 bits per heavy atom. The minimum atomic E-state index is -0.547. The van der Waals surface area contributed by atoms with Crippen molar-refractivity contribution in [3.05, 3.63) is 94.0 Å². The van der Waals surface area contributed by atoms with Gasteiger partial charge >= 0.3 is 5.97 Å². The fourth-order valence-corrected chi connectivity index (χ4v) is 3.53. The highest BCUT2D eigenvalue weighted by atomic mass is 35.5. The Hall–Kier alpha value is -4.30. The molecule has 9 heteroatoms. The molecule has 1 aliphatic heterocycles. The minimum absolute atomic E-state index is 0.0427. The predicted molar refractivity (Wildman–Crippen MR) is 130 cm³/mol. The number of carbonyl (C=O) groups excluding carboxylic acids is 3. The van der Waals surface area contributed by atoms with Gasteiger partial charge in [0.25, 0.3) is 11.8 Å². The Morgan fingerprint density at radius 1 is 0.971 bits per heavy atom. The number of halogens is 1. The summed E-state index contributed by atoms with van der Waals surface area (Å²) in [5, 5.41) is 1.77. The minimum Gasteiger partial charge on any atom is -0.493 e. The van der Waals surface area contributed by atoms with E-state index in [4.69, 9.17) is 21.1 Å². The molecule has 2 amide bonds. The highest BCUT2D eigenvalue weighted by Crippen LogP contribution is 2.31. The zero-order valence-electron chi connectivity index (χ0n) is 18.9. The molecular formula is C26H21ClN2O6. The molecule has 1 fully saturated rings. The van der Waals surface area contributed by atoms with Crippen molar-refractivity contribution in [2.45, 2.75) is 6.61 Å². The molecule has 8 nitrogen and oxygen atoms in total. The summed E-state index contributed by atoms with van der Waals surface area (Å²) in [6.07, 6.45) is 1.48. The molecule has 0 saturated carbocycles. The number of ether oxygens (including phenoxy) is 3. The molecule has 1 N–H and O–H groups in total. The molecule has 1 heterocycles. The van der Waals surface area contributed by atoms with Crippen LogP contribution in [0.25, 0.3) is 6.08 Å². The molecule has 0 spiro atoms. The number of methoxy groups -OCH3 is 2. The smallest absolute Gasteiger partial charge is 0.337 e. The van der Waals surface area contributed by atoms with E-state index in [-0.39, 0.29) is 5.57 Å². The Morgan fingerprint density at radius 2 is 1.69 bits per heavy atom. The van der Waals surface area contributed by atoms with Gasteiger partial charge in [0, 0.05) is 5.02 Å². The summed E-state index contributed by atoms with van der Waals surface area (Å²) in [5.41, 5.74) is 4.75. The second-order valence-electron chi connectivity index (χ2n) is 7.50. The Balaban J connectivity index is 1.51. The number of esters is 1. The van der Waals surface area contributed by atoms with Crippen LogP contribution in [0.2, 0.25) is 5.02 Å². The lowest BCUT2D eigenvalue weighted by Crippen LogP contribution is -2.35. The summed E-state index contributed by atoms with van der Waals surface area (Å²) >= 11 is 5.91. The van der Waals surface area contributed by atoms with Crippen molar-refractivity contribution >= 4 is 41.1 Å². The first-order valence-corrected chi connectivity index (χ1v) is 10.9. The van der Waals surface area contributed by atoms with Crippen molar-refractivity contribution in [3.8, 4) is 11.5 Å². The zero-order valence-corrected chi connectivity index (χ0v) is 19.7. The van der Waals surface area contributed by atoms with Gasteiger partial charge in [0.2, 0.25) is 0 Å². The summed E-state index contributed by atoms with van der Waals surface area (Å²) in [6, 6.07) is 18.5. The molecular weight excluding hydrogens is 472 g/mol. The lowest BCUT2D eigenvalue weighted by molar-refractivity contribution is -0.117. The molecule has 0 unspecified atom stereocenters. The standard InChI is InChI=1S/C26H21ClN2O6/c1-33-23-14-17(5-12-22(23)35-15-16-3-8-19(27)9-4-16)13-21-24(30)28-29(25(21)31)20-10-6-18(7-11-20)26(32)34-2/h3-14H,15H2,1-2H3,(H,28,30). The number of nitrogens with zero attached hydrogens (tertiary/aromatic N) is 1. The van der Waals surface area contributed by atoms with Crippen LogP contribution in [0.1, 0.15) is 21.5 Å². The van der Waals surface area contributed by atoms with Gasteiger partial charge in [-0.15, -0.1) is 0 Å². The second kappa shape index (κ2) is 10.3. The largest absolute Gasteiger partial charge is 0.493 e. The van der Waals surface area contributed by atoms with E-state index < -0.39 is 17.8 Å². The van der Waals surface area contributed by atoms with E-state index in [1.807, 2.05) is 12.1 Å². The van der Waals surface area contributed by atoms with Gasteiger partial charge in [0.05, 0.1) is 25.5 Å². The average molecular weight is 493 g/mol. The van der Waals surface area contributed by atoms with E-state index in [0.717, 1.165) is 10.6 Å². The third-order valence-corrected chi connectivity index (χ3v) is 5.50. The van der Waals surface area contributed by atoms with Crippen LogP contribution in [-0.2, 0) is 20.9 Å². The first-order chi connectivity index (χ1) is 16.9. The molecule has 0 aromatic heterocycles. The summed E-state index contributed by atoms with van der Waals surface area (Å²) in [5.74, 6) is -0.603. The van der Waals surface area contributed by atoms with Crippen LogP contribution in [-0.4, -0.2) is 32.0 Å². The molecule has 35 heavy (non-hydrogen) atoms. The normalized spacial score (nSPS) is 14.1. The second-order valence-corrected chi connectivity index (χ2v) is 7.94. The van der Waals surface area contributed by atoms with E-state index in [2.05, 4.69) is 10.2 Å². The van der Waals surface area contributed by atoms with Crippen molar-refractivity contribution in [3.63, 3.8) is 0 Å². The van der Waals surface area contributed by atoms with Gasteiger partial charge in [-0.1, -0.05) is 29.8 Å². The maximum Gasteiger partial charge on any atom is 0.337 e. The third kappa shape index (κ3) is 5.28. The van der Waals surface area contributed by atoms with Gasteiger partial charge in [0.1, 0.15) is 12.2 Å². The van der Waals surface area contributed by atoms with Crippen molar-refractivity contribution in [2.75, 3.05) is 19.2 Å². The summed E-state index contributed by atoms with van der Waals surface area (Å²) in [7, 11) is 2.79. The molecule has 0 atom stereocenters. The van der Waals surface area contributed by atoms with Crippen LogP contribution < -0.4 is 19.9 Å². The van der Waals surface area contributed by atoms with Crippen LogP contribution in [0.3, 0.4) is 0 Å². The SMILES string of the molecule is COC(=O)c1ccc(N2NC(=O)C(=Cc3ccc(OCc4ccc(Cl)cc4)c(OC)c3)C2=O)cc1. The topological polar surface area (TPSA) is 94.2 Å². The van der Waals surface area contributed by atoms with Crippen molar-refractivity contribution in [2.24, 2.45) is 0 Å². The molecule has 0 bridgehead atoms. The Kier molecular flexibility index (Phi) is 7.03. The van der Waals surface area contributed by atoms with Crippen molar-refractivity contribution in [1.29, 1.82) is 0 Å². The van der Waals surface area contributed by atoms with Gasteiger partial charge in [0.15, 0.2) is 11.5 Å². The molecule has 4 rings (SSSR count). The van der Waals surface area contributed by atoms with Crippen LogP contribution in [0.4, 0.5) is 5.69 Å². The van der Waals surface area contributed by atoms with E-state index in [1.54, 1.807) is 42.5 Å². The van der Waals surface area contributed by atoms with Crippen LogP contribution in [0.15, 0.2) is 72.3 Å². The Bertz CT molecular complexity index is 1300. The number of hydrazine groups is 1. The molecule has 3 aromatic carbocycles. The first-order valence-electron chi connectivity index (χ1n) is 10.5. The van der Waals surface area contributed by atoms with Crippen molar-refractivity contribution in [1.82, 2.24) is 5.43 Å². The summed E-state index contributed by atoms with van der Waals surface area (Å²) in [6.45, 7) is 0.318. The van der Waals surface area contributed by atoms with Gasteiger partial charge in [-0.05, 0) is 65.7 Å². The van der Waals surface area contributed by atoms with Gasteiger partial charge in [-0.3, -0.25) is 15.0 Å². The molecule has 0 radical (unpaired) electrons. The van der Waals surface area contributed by atoms with Crippen LogP contribution >= 0.6 is 11.6 Å². The summed E-state index contributed by atoms with van der Waals surface area (Å²) in [4.78, 5) is 37.0. The van der Waals surface area contributed by atoms with E-state index >= 15 is 0 Å². The number of anilines is 1. The van der Waals surface area contributed by atoms with Crippen LogP contribution in [0, 0.1) is 0 Å². The molecule has 1 aliphatic rings. The number of nitrogens with one attached hydrogen (secondary N) is 1. The number of hydrogen-bond donors (Lipinski definition) is 1. The number of benzene rings is 3. The maximum atomic E-state index is 12.9. The number of rotatable bonds is 7. The Labute approximate surface area is 206 Å². The fraction of sp³-hybridized carbons (Fsp3) is 0.115. The number of hydrogen-bond acceptors (Lipinski definition) is 6. The highest BCUT2D eigenvalue weighted by Gasteiger charge is 2.34. The quantitative estimate of drug-likeness (QED) is 0.302. The molecule has 0 aliphatic carbocycles. The number of amides is 2. The van der Waals surface area contributed by atoms with Crippen LogP contribution in [0.5, 0.6) is 11.5 Å². The predicted octanol–water partition coefficient (Wildman–Crippen LogP) is 4.18. The number of carbonyl (C=O) groups is 3. The monoisotopic (exact) mass is 492 g/mol. The zero-order chi connectivity index (χ0) is 24.9.